The van der Waals surface area contributed by atoms with Crippen molar-refractivity contribution in [3.05, 3.63) is 71.8 Å². The Balaban J connectivity index is 1.77. The minimum Gasteiger partial charge on any atom is -0.467 e. The Hall–Kier alpha value is -3.14. The second-order valence-corrected chi connectivity index (χ2v) is 11.5. The summed E-state index contributed by atoms with van der Waals surface area (Å²) < 4.78 is 53.3. The molecule has 2 saturated heterocycles. The molecule has 0 radical (unpaired) electrons. The van der Waals surface area contributed by atoms with Gasteiger partial charge in [0.05, 0.1) is 33.0 Å². The molecule has 2 fully saturated rings. The standard InChI is InChI=1S/C33H42ClNO12/c1-19-16-43-32(40-4)24(35)26(44-20(2)36)25(19)46-33-30(42-18-22-13-9-6-10-14-22)27(41-17-21-11-7-5-8-12-21)28(45-23(37)15-34)29(47-33)31(38)39-3/h5-14,19,24-30,32-33H,15-18,35H2,1-4H3. The zero-order valence-electron chi connectivity index (χ0n) is 26.7. The van der Waals surface area contributed by atoms with Gasteiger partial charge in [-0.15, -0.1) is 11.6 Å². The van der Waals surface area contributed by atoms with Crippen LogP contribution in [0.25, 0.3) is 0 Å². The van der Waals surface area contributed by atoms with Crippen molar-refractivity contribution in [2.24, 2.45) is 11.7 Å². The van der Waals surface area contributed by atoms with Crippen LogP contribution in [0.3, 0.4) is 0 Å². The van der Waals surface area contributed by atoms with Crippen LogP contribution >= 0.6 is 11.6 Å². The molecule has 10 unspecified atom stereocenters. The summed E-state index contributed by atoms with van der Waals surface area (Å²) in [5, 5.41) is 0. The Labute approximate surface area is 278 Å². The summed E-state index contributed by atoms with van der Waals surface area (Å²) in [7, 11) is 2.60. The fourth-order valence-electron chi connectivity index (χ4n) is 5.52. The van der Waals surface area contributed by atoms with Crippen LogP contribution in [0.5, 0.6) is 0 Å². The van der Waals surface area contributed by atoms with Gasteiger partial charge >= 0.3 is 17.9 Å². The molecule has 258 valence electrons. The highest BCUT2D eigenvalue weighted by Gasteiger charge is 2.55. The molecule has 13 nitrogen and oxygen atoms in total. The Kier molecular flexibility index (Phi) is 13.9. The van der Waals surface area contributed by atoms with Gasteiger partial charge in [-0.2, -0.15) is 0 Å². The lowest BCUT2D eigenvalue weighted by Gasteiger charge is -2.46. The molecule has 2 heterocycles. The van der Waals surface area contributed by atoms with E-state index in [1.807, 2.05) is 67.6 Å². The Morgan fingerprint density at radius 3 is 1.96 bits per heavy atom. The summed E-state index contributed by atoms with van der Waals surface area (Å²) in [4.78, 5) is 38.0. The van der Waals surface area contributed by atoms with Crippen molar-refractivity contribution in [2.45, 2.75) is 82.3 Å². The normalized spacial score (nSPS) is 30.9. The van der Waals surface area contributed by atoms with Gasteiger partial charge in [-0.25, -0.2) is 4.79 Å². The fourth-order valence-corrected chi connectivity index (χ4v) is 5.58. The van der Waals surface area contributed by atoms with E-state index in [0.29, 0.717) is 0 Å². The first-order chi connectivity index (χ1) is 22.7. The third-order valence-electron chi connectivity index (χ3n) is 7.80. The number of alkyl halides is 1. The number of carbonyl (C=O) groups excluding carboxylic acids is 3. The molecular weight excluding hydrogens is 638 g/mol. The van der Waals surface area contributed by atoms with Crippen LogP contribution in [0, 0.1) is 5.92 Å². The van der Waals surface area contributed by atoms with Crippen LogP contribution in [-0.2, 0) is 70.2 Å². The number of rotatable bonds is 13. The smallest absolute Gasteiger partial charge is 0.339 e. The van der Waals surface area contributed by atoms with E-state index in [1.54, 1.807) is 0 Å². The molecule has 0 amide bonds. The minimum absolute atomic E-state index is 0.0520. The number of esters is 3. The van der Waals surface area contributed by atoms with E-state index in [2.05, 4.69) is 0 Å². The van der Waals surface area contributed by atoms with Gasteiger partial charge in [0.1, 0.15) is 30.3 Å². The van der Waals surface area contributed by atoms with Gasteiger partial charge in [-0.3, -0.25) is 9.59 Å². The fraction of sp³-hybridized carbons (Fsp3) is 0.545. The number of hydrogen-bond acceptors (Lipinski definition) is 13. The number of methoxy groups -OCH3 is 2. The molecule has 0 aliphatic carbocycles. The molecule has 0 saturated carbocycles. The summed E-state index contributed by atoms with van der Waals surface area (Å²) in [6.07, 6.45) is -9.37. The van der Waals surface area contributed by atoms with Crippen molar-refractivity contribution in [3.8, 4) is 0 Å². The molecule has 0 aromatic heterocycles. The number of benzene rings is 2. The maximum absolute atomic E-state index is 13.2. The lowest BCUT2D eigenvalue weighted by molar-refractivity contribution is -0.331. The quantitative estimate of drug-likeness (QED) is 0.187. The maximum Gasteiger partial charge on any atom is 0.339 e. The minimum atomic E-state index is -1.51. The summed E-state index contributed by atoms with van der Waals surface area (Å²) in [5.74, 6) is -3.19. The van der Waals surface area contributed by atoms with Gasteiger partial charge in [-0.1, -0.05) is 67.6 Å². The number of ether oxygens (including phenoxy) is 9. The van der Waals surface area contributed by atoms with E-state index in [0.717, 1.165) is 11.1 Å². The van der Waals surface area contributed by atoms with Crippen molar-refractivity contribution in [3.63, 3.8) is 0 Å². The summed E-state index contributed by atoms with van der Waals surface area (Å²) in [6.45, 7) is 3.32. The zero-order valence-corrected chi connectivity index (χ0v) is 27.5. The molecule has 2 aliphatic rings. The summed E-state index contributed by atoms with van der Waals surface area (Å²) >= 11 is 5.81. The molecule has 4 rings (SSSR count). The van der Waals surface area contributed by atoms with Crippen molar-refractivity contribution in [1.29, 1.82) is 0 Å². The van der Waals surface area contributed by atoms with E-state index in [9.17, 15) is 14.4 Å². The van der Waals surface area contributed by atoms with Gasteiger partial charge in [0.25, 0.3) is 0 Å². The number of nitrogens with two attached hydrogens (primary N) is 1. The molecule has 14 heteroatoms. The topological polar surface area (TPSA) is 160 Å². The number of carbonyl (C=O) groups is 3. The van der Waals surface area contributed by atoms with E-state index in [-0.39, 0.29) is 19.8 Å². The van der Waals surface area contributed by atoms with E-state index >= 15 is 0 Å². The molecule has 2 aromatic carbocycles. The van der Waals surface area contributed by atoms with Gasteiger partial charge in [-0.05, 0) is 11.1 Å². The van der Waals surface area contributed by atoms with Gasteiger partial charge < -0.3 is 48.4 Å². The highest BCUT2D eigenvalue weighted by atomic mass is 35.5. The van der Waals surface area contributed by atoms with Crippen LogP contribution in [0.4, 0.5) is 0 Å². The monoisotopic (exact) mass is 679 g/mol. The molecule has 10 atom stereocenters. The van der Waals surface area contributed by atoms with Gasteiger partial charge in [0, 0.05) is 20.0 Å². The Morgan fingerprint density at radius 1 is 0.830 bits per heavy atom. The highest BCUT2D eigenvalue weighted by molar-refractivity contribution is 6.26. The predicted octanol–water partition coefficient (Wildman–Crippen LogP) is 2.49. The average Bonchev–Trinajstić information content (AvgIpc) is 3.18. The van der Waals surface area contributed by atoms with E-state index in [4.69, 9.17) is 60.0 Å². The Bertz CT molecular complexity index is 1290. The van der Waals surface area contributed by atoms with Crippen molar-refractivity contribution < 1.29 is 57.0 Å². The molecular formula is C33H42ClNO12. The maximum atomic E-state index is 13.2. The second kappa shape index (κ2) is 17.9. The first-order valence-electron chi connectivity index (χ1n) is 15.2. The summed E-state index contributed by atoms with van der Waals surface area (Å²) in [6, 6.07) is 17.6. The molecule has 2 aromatic rings. The van der Waals surface area contributed by atoms with Crippen LogP contribution in [0.1, 0.15) is 25.0 Å². The Morgan fingerprint density at radius 2 is 1.43 bits per heavy atom. The van der Waals surface area contributed by atoms with Crippen molar-refractivity contribution in [1.82, 2.24) is 0 Å². The number of halogens is 1. The first kappa shape index (κ1) is 36.7. The molecule has 0 bridgehead atoms. The van der Waals surface area contributed by atoms with E-state index < -0.39 is 85.0 Å². The van der Waals surface area contributed by atoms with Crippen molar-refractivity contribution >= 4 is 29.5 Å². The van der Waals surface area contributed by atoms with Crippen LogP contribution in [0.15, 0.2) is 60.7 Å². The molecule has 0 spiro atoms. The van der Waals surface area contributed by atoms with Crippen molar-refractivity contribution in [2.75, 3.05) is 26.7 Å². The van der Waals surface area contributed by atoms with Gasteiger partial charge in [0.15, 0.2) is 24.8 Å². The van der Waals surface area contributed by atoms with E-state index in [1.165, 1.54) is 21.1 Å². The average molecular weight is 680 g/mol. The molecule has 2 aliphatic heterocycles. The molecule has 2 N–H and O–H groups in total. The second-order valence-electron chi connectivity index (χ2n) is 11.2. The lowest BCUT2D eigenvalue weighted by Crippen LogP contribution is -2.65. The molecule has 47 heavy (non-hydrogen) atoms. The zero-order chi connectivity index (χ0) is 33.9. The van der Waals surface area contributed by atoms with Crippen LogP contribution in [0.2, 0.25) is 0 Å². The largest absolute Gasteiger partial charge is 0.467 e. The summed E-state index contributed by atoms with van der Waals surface area (Å²) in [5.41, 5.74) is 8.11. The SMILES string of the molecule is COC(=O)C1OC(OC2C(C)COC(OC)C(N)C2OC(C)=O)C(OCc2ccccc2)C(OCc2ccccc2)C1OC(=O)CCl. The van der Waals surface area contributed by atoms with Gasteiger partial charge in [0.2, 0.25) is 0 Å². The third-order valence-corrected chi connectivity index (χ3v) is 8.02. The third kappa shape index (κ3) is 9.71. The first-order valence-corrected chi connectivity index (χ1v) is 15.7. The lowest BCUT2D eigenvalue weighted by atomic mass is 9.94. The van der Waals surface area contributed by atoms with Crippen LogP contribution in [-0.4, -0.2) is 99.9 Å². The number of hydrogen-bond donors (Lipinski definition) is 1. The van der Waals surface area contributed by atoms with Crippen LogP contribution < -0.4 is 5.73 Å². The predicted molar refractivity (Wildman–Crippen MR) is 166 cm³/mol. The highest BCUT2D eigenvalue weighted by Crippen LogP contribution is 2.35.